The van der Waals surface area contributed by atoms with Gasteiger partial charge in [-0.25, -0.2) is 0 Å². The number of rotatable bonds is 1. The molecule has 0 aromatic heterocycles. The highest BCUT2D eigenvalue weighted by Gasteiger charge is 1.99. The quantitative estimate of drug-likeness (QED) is 0.493. The molecule has 1 rings (SSSR count). The highest BCUT2D eigenvalue weighted by Crippen LogP contribution is 2.04. The van der Waals surface area contributed by atoms with Crippen LogP contribution in [0.3, 0.4) is 0 Å². The predicted octanol–water partition coefficient (Wildman–Crippen LogP) is 1.32. The first-order chi connectivity index (χ1) is 3.93. The predicted molar refractivity (Wildman–Crippen MR) is 32.4 cm³/mol. The molecule has 0 saturated heterocycles. The highest BCUT2D eigenvalue weighted by atomic mass is 16.5. The minimum absolute atomic E-state index is 0.288. The number of methoxy groups -OCH3 is 1. The van der Waals surface area contributed by atoms with Gasteiger partial charge in [-0.1, -0.05) is 18.2 Å². The second-order valence-electron chi connectivity index (χ2n) is 1.74. The van der Waals surface area contributed by atoms with Crippen LogP contribution in [0.25, 0.3) is 0 Å². The van der Waals surface area contributed by atoms with Crippen LogP contribution in [0.4, 0.5) is 0 Å². The molecule has 0 aromatic carbocycles. The zero-order chi connectivity index (χ0) is 5.82. The van der Waals surface area contributed by atoms with Crippen molar-refractivity contribution >= 4 is 0 Å². The summed E-state index contributed by atoms with van der Waals surface area (Å²) in [6, 6.07) is 0. The first kappa shape index (κ1) is 5.57. The van der Waals surface area contributed by atoms with Gasteiger partial charge in [0.2, 0.25) is 0 Å². The molecule has 0 aromatic rings. The summed E-state index contributed by atoms with van der Waals surface area (Å²) in [6.07, 6.45) is 10.1. The van der Waals surface area contributed by atoms with Crippen molar-refractivity contribution in [3.63, 3.8) is 0 Å². The molecule has 0 N–H and O–H groups in total. The van der Waals surface area contributed by atoms with E-state index in [4.69, 9.17) is 4.74 Å². The van der Waals surface area contributed by atoms with E-state index in [9.17, 15) is 0 Å². The van der Waals surface area contributed by atoms with E-state index < -0.39 is 0 Å². The summed E-state index contributed by atoms with van der Waals surface area (Å²) in [4.78, 5) is 0. The van der Waals surface area contributed by atoms with Gasteiger partial charge in [0.15, 0.2) is 0 Å². The zero-order valence-corrected chi connectivity index (χ0v) is 4.92. The van der Waals surface area contributed by atoms with E-state index >= 15 is 0 Å². The Morgan fingerprint density at radius 3 is 3.00 bits per heavy atom. The van der Waals surface area contributed by atoms with E-state index in [1.54, 1.807) is 7.11 Å². The van der Waals surface area contributed by atoms with Crippen LogP contribution >= 0.6 is 0 Å². The maximum Gasteiger partial charge on any atom is 0.0790 e. The van der Waals surface area contributed by atoms with E-state index in [1.165, 1.54) is 0 Å². The molecule has 1 radical (unpaired) electrons. The Balaban J connectivity index is 2.40. The molecule has 0 fully saturated rings. The molecule has 1 heteroatoms. The van der Waals surface area contributed by atoms with Crippen molar-refractivity contribution in [1.82, 2.24) is 0 Å². The number of hydrogen-bond donors (Lipinski definition) is 0. The summed E-state index contributed by atoms with van der Waals surface area (Å²) >= 11 is 0. The molecular formula is C7H9O. The van der Waals surface area contributed by atoms with Crippen LogP contribution in [0, 0.1) is 6.08 Å². The Morgan fingerprint density at radius 2 is 2.62 bits per heavy atom. The van der Waals surface area contributed by atoms with Crippen molar-refractivity contribution in [2.24, 2.45) is 0 Å². The first-order valence-electron chi connectivity index (χ1n) is 2.70. The molecule has 1 nitrogen and oxygen atoms in total. The van der Waals surface area contributed by atoms with Crippen molar-refractivity contribution < 1.29 is 4.74 Å². The summed E-state index contributed by atoms with van der Waals surface area (Å²) in [5.41, 5.74) is 0. The summed E-state index contributed by atoms with van der Waals surface area (Å²) in [5.74, 6) is 0. The maximum atomic E-state index is 5.03. The third kappa shape index (κ3) is 1.20. The lowest BCUT2D eigenvalue weighted by Crippen LogP contribution is -2.06. The second-order valence-corrected chi connectivity index (χ2v) is 1.74. The van der Waals surface area contributed by atoms with Crippen LogP contribution in [0.2, 0.25) is 0 Å². The molecule has 0 heterocycles. The molecule has 0 saturated carbocycles. The van der Waals surface area contributed by atoms with Gasteiger partial charge in [0.1, 0.15) is 0 Å². The van der Waals surface area contributed by atoms with Crippen molar-refractivity contribution in [3.8, 4) is 0 Å². The van der Waals surface area contributed by atoms with Gasteiger partial charge in [-0.05, 0) is 12.5 Å². The lowest BCUT2D eigenvalue weighted by atomic mass is 10.1. The fourth-order valence-corrected chi connectivity index (χ4v) is 0.668. The van der Waals surface area contributed by atoms with Gasteiger partial charge >= 0.3 is 0 Å². The van der Waals surface area contributed by atoms with Gasteiger partial charge in [0.25, 0.3) is 0 Å². The minimum Gasteiger partial charge on any atom is -0.377 e. The lowest BCUT2D eigenvalue weighted by molar-refractivity contribution is 0.142. The molecule has 0 spiro atoms. The molecule has 43 valence electrons. The first-order valence-corrected chi connectivity index (χ1v) is 2.70. The van der Waals surface area contributed by atoms with Gasteiger partial charge in [-0.3, -0.25) is 0 Å². The average molecular weight is 109 g/mol. The van der Waals surface area contributed by atoms with E-state index in [0.717, 1.165) is 6.42 Å². The highest BCUT2D eigenvalue weighted by molar-refractivity contribution is 5.06. The van der Waals surface area contributed by atoms with E-state index in [1.807, 2.05) is 18.2 Å². The van der Waals surface area contributed by atoms with Gasteiger partial charge in [-0.2, -0.15) is 0 Å². The SMILES string of the molecule is CO[C@@H]1C=C[C]=CC1. The zero-order valence-electron chi connectivity index (χ0n) is 4.92. The molecule has 1 aliphatic carbocycles. The Labute approximate surface area is 49.7 Å². The molecule has 8 heavy (non-hydrogen) atoms. The van der Waals surface area contributed by atoms with Crippen molar-refractivity contribution in [1.29, 1.82) is 0 Å². The Morgan fingerprint density at radius 1 is 1.75 bits per heavy atom. The van der Waals surface area contributed by atoms with Gasteiger partial charge in [0.05, 0.1) is 6.10 Å². The van der Waals surface area contributed by atoms with Crippen LogP contribution < -0.4 is 0 Å². The average Bonchev–Trinajstić information content (AvgIpc) is 1.90. The van der Waals surface area contributed by atoms with Crippen molar-refractivity contribution in [2.75, 3.05) is 7.11 Å². The van der Waals surface area contributed by atoms with Crippen LogP contribution in [-0.4, -0.2) is 13.2 Å². The summed E-state index contributed by atoms with van der Waals surface area (Å²) < 4.78 is 5.03. The summed E-state index contributed by atoms with van der Waals surface area (Å²) in [6.45, 7) is 0. The molecule has 0 aliphatic heterocycles. The molecule has 0 bridgehead atoms. The standard InChI is InChI=1S/C7H9O/c1-8-7-5-3-2-4-6-7/h3-5,7H,6H2,1H3/t7-/m1/s1. The topological polar surface area (TPSA) is 9.23 Å². The van der Waals surface area contributed by atoms with Gasteiger partial charge in [-0.15, -0.1) is 0 Å². The van der Waals surface area contributed by atoms with Crippen LogP contribution in [0.5, 0.6) is 0 Å². The number of allylic oxidation sites excluding steroid dienone is 2. The summed E-state index contributed by atoms with van der Waals surface area (Å²) in [5, 5.41) is 0. The van der Waals surface area contributed by atoms with Crippen LogP contribution in [-0.2, 0) is 4.74 Å². The third-order valence-electron chi connectivity index (χ3n) is 1.18. The number of ether oxygens (including phenoxy) is 1. The molecular weight excluding hydrogens is 100 g/mol. The third-order valence-corrected chi connectivity index (χ3v) is 1.18. The van der Waals surface area contributed by atoms with Gasteiger partial charge in [0, 0.05) is 7.11 Å². The van der Waals surface area contributed by atoms with Crippen molar-refractivity contribution in [3.05, 3.63) is 24.3 Å². The van der Waals surface area contributed by atoms with E-state index in [2.05, 4.69) is 6.08 Å². The molecule has 1 aliphatic rings. The Bertz CT molecular complexity index is 114. The number of hydrogen-bond acceptors (Lipinski definition) is 1. The Kier molecular flexibility index (Phi) is 1.86. The molecule has 1 atom stereocenters. The second kappa shape index (κ2) is 2.68. The normalized spacial score (nSPS) is 26.4. The maximum absolute atomic E-state index is 5.03. The van der Waals surface area contributed by atoms with Crippen LogP contribution in [0.1, 0.15) is 6.42 Å². The molecule has 0 unspecified atom stereocenters. The monoisotopic (exact) mass is 109 g/mol. The summed E-state index contributed by atoms with van der Waals surface area (Å²) in [7, 11) is 1.72. The fourth-order valence-electron chi connectivity index (χ4n) is 0.668. The minimum atomic E-state index is 0.288. The lowest BCUT2D eigenvalue weighted by Gasteiger charge is -2.08. The fraction of sp³-hybridized carbons (Fsp3) is 0.429. The van der Waals surface area contributed by atoms with E-state index in [0.29, 0.717) is 0 Å². The van der Waals surface area contributed by atoms with Crippen molar-refractivity contribution in [2.45, 2.75) is 12.5 Å². The largest absolute Gasteiger partial charge is 0.377 e. The smallest absolute Gasteiger partial charge is 0.0790 e. The Hall–Kier alpha value is -0.560. The molecule has 0 amide bonds. The van der Waals surface area contributed by atoms with Gasteiger partial charge < -0.3 is 4.74 Å². The van der Waals surface area contributed by atoms with Crippen LogP contribution in [0.15, 0.2) is 18.2 Å². The van der Waals surface area contributed by atoms with E-state index in [-0.39, 0.29) is 6.10 Å².